The lowest BCUT2D eigenvalue weighted by molar-refractivity contribution is -0.712. The van der Waals surface area contributed by atoms with E-state index < -0.39 is 14.6 Å². The smallest absolute Gasteiger partial charge is 0.285 e. The summed E-state index contributed by atoms with van der Waals surface area (Å²) in [5.41, 5.74) is 10.8. The first-order valence-corrected chi connectivity index (χ1v) is 13.0. The molecule has 36 heavy (non-hydrogen) atoms. The number of phosphoric ester groups is 1. The van der Waals surface area contributed by atoms with Crippen molar-refractivity contribution >= 4 is 13.6 Å². The van der Waals surface area contributed by atoms with Crippen molar-refractivity contribution in [2.24, 2.45) is 0 Å². The summed E-state index contributed by atoms with van der Waals surface area (Å²) in [6, 6.07) is 21.4. The van der Waals surface area contributed by atoms with E-state index in [0.29, 0.717) is 30.0 Å². The number of nitrogens with zero attached hydrogens (tertiary/aromatic N) is 2. The van der Waals surface area contributed by atoms with Crippen LogP contribution in [0, 0.1) is 0 Å². The number of nitrogens with two attached hydrogens (primary N) is 1. The van der Waals surface area contributed by atoms with E-state index in [1.165, 1.54) is 16.3 Å². The lowest BCUT2D eigenvalue weighted by atomic mass is 10.1. The molecule has 4 aromatic rings. The van der Waals surface area contributed by atoms with Gasteiger partial charge in [-0.3, -0.25) is 14.8 Å². The molecule has 9 nitrogen and oxygen atoms in total. The van der Waals surface area contributed by atoms with Crippen molar-refractivity contribution in [1.82, 2.24) is 5.16 Å². The van der Waals surface area contributed by atoms with Crippen LogP contribution < -0.4 is 19.9 Å². The largest absolute Gasteiger partial charge is 0.756 e. The molecule has 2 heterocycles. The fourth-order valence-electron chi connectivity index (χ4n) is 3.78. The summed E-state index contributed by atoms with van der Waals surface area (Å²) in [5, 5.41) is 4.13. The zero-order chi connectivity index (χ0) is 25.5. The maximum Gasteiger partial charge on any atom is 0.285 e. The first-order valence-electron chi connectivity index (χ1n) is 11.5. The van der Waals surface area contributed by atoms with Gasteiger partial charge in [-0.25, -0.2) is 4.57 Å². The third-order valence-corrected chi connectivity index (χ3v) is 5.98. The molecule has 188 valence electrons. The molecule has 0 saturated heterocycles. The molecule has 0 saturated carbocycles. The molecule has 1 unspecified atom stereocenters. The number of aryl methyl sites for hydroxylation is 1. The van der Waals surface area contributed by atoms with Crippen molar-refractivity contribution in [2.75, 3.05) is 5.73 Å². The standard InChI is InChI=1S/C26H28N3O6P/c1-2-5-19-6-3-7-21(14-19)17-33-23-11-9-20(10-12-23)15-22-16-25(35-28-22)24-8-4-13-29(26(24)27)18-34-36(30,31)32/h3-4,6-14,16,27H,2,5,15,17-18H2,1H3,(H2,30,31,32). The zero-order valence-electron chi connectivity index (χ0n) is 19.9. The van der Waals surface area contributed by atoms with Gasteiger partial charge in [0.15, 0.2) is 12.5 Å². The molecule has 0 fully saturated rings. The summed E-state index contributed by atoms with van der Waals surface area (Å²) in [4.78, 5) is 19.7. The second-order valence-electron chi connectivity index (χ2n) is 8.37. The maximum atomic E-state index is 10.9. The van der Waals surface area contributed by atoms with E-state index >= 15 is 0 Å². The van der Waals surface area contributed by atoms with E-state index in [0.717, 1.165) is 29.7 Å². The molecule has 3 N–H and O–H groups in total. The van der Waals surface area contributed by atoms with Crippen LogP contribution in [0.5, 0.6) is 5.75 Å². The lowest BCUT2D eigenvalue weighted by Gasteiger charge is -2.14. The van der Waals surface area contributed by atoms with E-state index in [2.05, 4.69) is 40.9 Å². The molecule has 0 bridgehead atoms. The van der Waals surface area contributed by atoms with Crippen LogP contribution in [-0.2, 0) is 35.3 Å². The highest BCUT2D eigenvalue weighted by atomic mass is 31.2. The van der Waals surface area contributed by atoms with Gasteiger partial charge in [-0.1, -0.05) is 54.9 Å². The van der Waals surface area contributed by atoms with Gasteiger partial charge in [0.05, 0.1) is 11.9 Å². The summed E-state index contributed by atoms with van der Waals surface area (Å²) in [6.07, 6.45) is 4.25. The van der Waals surface area contributed by atoms with E-state index in [1.807, 2.05) is 24.3 Å². The molecule has 0 aliphatic carbocycles. The van der Waals surface area contributed by atoms with Crippen LogP contribution in [0.25, 0.3) is 11.3 Å². The van der Waals surface area contributed by atoms with Gasteiger partial charge in [-0.2, -0.15) is 0 Å². The second-order valence-corrected chi connectivity index (χ2v) is 9.56. The van der Waals surface area contributed by atoms with Crippen molar-refractivity contribution in [3.63, 3.8) is 0 Å². The predicted molar refractivity (Wildman–Crippen MR) is 131 cm³/mol. The maximum absolute atomic E-state index is 10.9. The van der Waals surface area contributed by atoms with Crippen molar-refractivity contribution in [1.29, 1.82) is 0 Å². The van der Waals surface area contributed by atoms with Gasteiger partial charge in [0.25, 0.3) is 13.6 Å². The van der Waals surface area contributed by atoms with Crippen LogP contribution in [0.3, 0.4) is 0 Å². The summed E-state index contributed by atoms with van der Waals surface area (Å²) >= 11 is 0. The van der Waals surface area contributed by atoms with E-state index in [-0.39, 0.29) is 5.82 Å². The number of pyridine rings is 1. The summed E-state index contributed by atoms with van der Waals surface area (Å²) in [6.45, 7) is 2.22. The number of nitrogen functional groups attached to an aromatic ring is 1. The molecular formula is C26H28N3O6P. The number of benzene rings is 2. The minimum atomic E-state index is -4.87. The van der Waals surface area contributed by atoms with Gasteiger partial charge >= 0.3 is 0 Å². The first-order chi connectivity index (χ1) is 17.3. The molecule has 0 amide bonds. The van der Waals surface area contributed by atoms with Crippen LogP contribution >= 0.6 is 7.82 Å². The van der Waals surface area contributed by atoms with Crippen LogP contribution in [0.4, 0.5) is 5.82 Å². The molecule has 0 spiro atoms. The molecule has 2 aromatic carbocycles. The molecule has 0 aliphatic heterocycles. The van der Waals surface area contributed by atoms with Crippen molar-refractivity contribution in [3.05, 3.63) is 95.3 Å². The van der Waals surface area contributed by atoms with Gasteiger partial charge in [-0.15, -0.1) is 0 Å². The van der Waals surface area contributed by atoms with Gasteiger partial charge in [0, 0.05) is 12.5 Å². The van der Waals surface area contributed by atoms with Crippen molar-refractivity contribution in [3.8, 4) is 17.1 Å². The Balaban J connectivity index is 1.37. The minimum absolute atomic E-state index is 0.204. The first kappa shape index (κ1) is 25.6. The highest BCUT2D eigenvalue weighted by Crippen LogP contribution is 2.30. The Morgan fingerprint density at radius 3 is 2.61 bits per heavy atom. The molecule has 0 radical (unpaired) electrons. The number of hydrogen-bond acceptors (Lipinski definition) is 7. The fraction of sp³-hybridized carbons (Fsp3) is 0.231. The van der Waals surface area contributed by atoms with Crippen LogP contribution in [0.15, 0.2) is 77.4 Å². The molecule has 0 aliphatic rings. The Morgan fingerprint density at radius 2 is 1.86 bits per heavy atom. The Kier molecular flexibility index (Phi) is 8.18. The number of rotatable bonds is 11. The SMILES string of the molecule is CCCc1cccc(COc2ccc(Cc3cc(-c4ccc[n+](COP(=O)([O-])O)c4N)on3)cc2)c1. The Morgan fingerprint density at radius 1 is 1.08 bits per heavy atom. The number of hydrogen-bond donors (Lipinski definition) is 2. The Labute approximate surface area is 209 Å². The fourth-order valence-corrected chi connectivity index (χ4v) is 4.05. The van der Waals surface area contributed by atoms with Crippen molar-refractivity contribution in [2.45, 2.75) is 39.5 Å². The minimum Gasteiger partial charge on any atom is -0.756 e. The predicted octanol–water partition coefficient (Wildman–Crippen LogP) is 3.77. The third kappa shape index (κ3) is 7.02. The summed E-state index contributed by atoms with van der Waals surface area (Å²) < 4.78 is 28.0. The Bertz CT molecular complexity index is 1350. The van der Waals surface area contributed by atoms with Crippen molar-refractivity contribution < 1.29 is 32.7 Å². The summed E-state index contributed by atoms with van der Waals surface area (Å²) in [5.74, 6) is 1.42. The van der Waals surface area contributed by atoms with Crippen LogP contribution in [0.2, 0.25) is 0 Å². The van der Waals surface area contributed by atoms with Crippen LogP contribution in [-0.4, -0.2) is 10.1 Å². The molecule has 4 rings (SSSR count). The zero-order valence-corrected chi connectivity index (χ0v) is 20.8. The van der Waals surface area contributed by atoms with E-state index in [9.17, 15) is 9.46 Å². The Hall–Kier alpha value is -3.49. The average Bonchev–Trinajstić information content (AvgIpc) is 3.31. The molecular weight excluding hydrogens is 481 g/mol. The number of phosphoric acid groups is 1. The number of anilines is 1. The molecule has 1 atom stereocenters. The lowest BCUT2D eigenvalue weighted by Crippen LogP contribution is -2.38. The van der Waals surface area contributed by atoms with E-state index in [4.69, 9.17) is 19.9 Å². The monoisotopic (exact) mass is 509 g/mol. The van der Waals surface area contributed by atoms with E-state index in [1.54, 1.807) is 18.2 Å². The topological polar surface area (TPSA) is 135 Å². The quantitative estimate of drug-likeness (QED) is 0.230. The highest BCUT2D eigenvalue weighted by molar-refractivity contribution is 7.44. The number of aromatic nitrogens is 2. The van der Waals surface area contributed by atoms with Crippen LogP contribution in [0.1, 0.15) is 35.7 Å². The normalized spacial score (nSPS) is 12.9. The number of ether oxygens (including phenoxy) is 1. The van der Waals surface area contributed by atoms with Gasteiger partial charge in [0.1, 0.15) is 17.9 Å². The highest BCUT2D eigenvalue weighted by Gasteiger charge is 2.18. The third-order valence-electron chi connectivity index (χ3n) is 5.54. The average molecular weight is 509 g/mol. The second kappa shape index (κ2) is 11.5. The summed E-state index contributed by atoms with van der Waals surface area (Å²) in [7, 11) is -4.87. The van der Waals surface area contributed by atoms with Gasteiger partial charge in [-0.05, 0) is 47.4 Å². The molecule has 2 aromatic heterocycles. The molecule has 10 heteroatoms. The van der Waals surface area contributed by atoms with Gasteiger partial charge < -0.3 is 19.0 Å². The van der Waals surface area contributed by atoms with Gasteiger partial charge in [0.2, 0.25) is 0 Å².